The van der Waals surface area contributed by atoms with Gasteiger partial charge in [0.1, 0.15) is 5.75 Å². The summed E-state index contributed by atoms with van der Waals surface area (Å²) in [4.78, 5) is 37.5. The number of methoxy groups -OCH3 is 3. The van der Waals surface area contributed by atoms with Gasteiger partial charge in [0, 0.05) is 18.1 Å². The van der Waals surface area contributed by atoms with E-state index in [0.717, 1.165) is 6.42 Å². The van der Waals surface area contributed by atoms with Gasteiger partial charge in [-0.25, -0.2) is 4.79 Å². The van der Waals surface area contributed by atoms with Crippen molar-refractivity contribution in [3.63, 3.8) is 0 Å². The van der Waals surface area contributed by atoms with Crippen LogP contribution in [0.15, 0.2) is 36.4 Å². The Kier molecular flexibility index (Phi) is 7.19. The van der Waals surface area contributed by atoms with Gasteiger partial charge in [0.15, 0.2) is 18.1 Å². The Labute approximate surface area is 186 Å². The molecule has 2 amide bonds. The van der Waals surface area contributed by atoms with E-state index in [0.29, 0.717) is 23.1 Å². The molecule has 0 bridgehead atoms. The van der Waals surface area contributed by atoms with Crippen molar-refractivity contribution in [2.45, 2.75) is 13.3 Å². The number of anilines is 2. The number of carbonyl (C=O) groups excluding carboxylic acids is 3. The number of ether oxygens (including phenoxy) is 4. The van der Waals surface area contributed by atoms with Crippen LogP contribution in [0.4, 0.5) is 11.4 Å². The van der Waals surface area contributed by atoms with Crippen LogP contribution in [0.1, 0.15) is 23.7 Å². The molecule has 0 heterocycles. The summed E-state index contributed by atoms with van der Waals surface area (Å²) >= 11 is 0. The lowest BCUT2D eigenvalue weighted by molar-refractivity contribution is -0.119. The Hall–Kier alpha value is -3.75. The van der Waals surface area contributed by atoms with Crippen molar-refractivity contribution < 1.29 is 33.3 Å². The zero-order valence-electron chi connectivity index (χ0n) is 18.4. The van der Waals surface area contributed by atoms with Gasteiger partial charge in [-0.15, -0.1) is 0 Å². The maximum atomic E-state index is 12.8. The average Bonchev–Trinajstić information content (AvgIpc) is 3.54. The molecule has 2 aromatic carbocycles. The minimum absolute atomic E-state index is 0.0504. The smallest absolute Gasteiger partial charge is 0.340 e. The zero-order valence-corrected chi connectivity index (χ0v) is 18.4. The highest BCUT2D eigenvalue weighted by molar-refractivity contribution is 6.04. The number of carbonyl (C=O) groups is 3. The van der Waals surface area contributed by atoms with Gasteiger partial charge in [-0.1, -0.05) is 19.1 Å². The molecule has 9 heteroatoms. The third kappa shape index (κ3) is 5.29. The van der Waals surface area contributed by atoms with Crippen LogP contribution in [-0.2, 0) is 14.3 Å². The normalized spacial score (nSPS) is 16.5. The van der Waals surface area contributed by atoms with Crippen LogP contribution >= 0.6 is 0 Å². The molecule has 0 aliphatic heterocycles. The molecule has 0 spiro atoms. The molecule has 2 unspecified atom stereocenters. The maximum Gasteiger partial charge on any atom is 0.340 e. The summed E-state index contributed by atoms with van der Waals surface area (Å²) in [5.41, 5.74) is 0.727. The van der Waals surface area contributed by atoms with Crippen LogP contribution in [0.25, 0.3) is 0 Å². The molecule has 2 N–H and O–H groups in total. The third-order valence-electron chi connectivity index (χ3n) is 5.16. The predicted octanol–water partition coefficient (Wildman–Crippen LogP) is 3.10. The lowest BCUT2D eigenvalue weighted by Crippen LogP contribution is -2.22. The molecule has 0 aromatic heterocycles. The van der Waals surface area contributed by atoms with E-state index >= 15 is 0 Å². The summed E-state index contributed by atoms with van der Waals surface area (Å²) < 4.78 is 20.9. The lowest BCUT2D eigenvalue weighted by atomic mass is 10.1. The number of rotatable bonds is 9. The van der Waals surface area contributed by atoms with Crippen molar-refractivity contribution >= 4 is 29.2 Å². The van der Waals surface area contributed by atoms with E-state index in [1.54, 1.807) is 24.3 Å². The number of amides is 2. The number of esters is 1. The quantitative estimate of drug-likeness (QED) is 0.574. The first-order valence-corrected chi connectivity index (χ1v) is 10.0. The van der Waals surface area contributed by atoms with Crippen molar-refractivity contribution in [2.24, 2.45) is 11.8 Å². The summed E-state index contributed by atoms with van der Waals surface area (Å²) in [7, 11) is 4.37. The molecule has 1 aliphatic rings. The van der Waals surface area contributed by atoms with Gasteiger partial charge in [0.25, 0.3) is 5.91 Å². The largest absolute Gasteiger partial charge is 0.495 e. The molecule has 9 nitrogen and oxygen atoms in total. The highest BCUT2D eigenvalue weighted by Gasteiger charge is 2.39. The standard InChI is InChI=1S/C23H26N2O7/c1-13-9-14(13)22(27)25-17-11-20(31-4)19(30-3)10-15(17)23(28)32-12-21(26)24-16-7-5-6-8-18(16)29-2/h5-8,10-11,13-14H,9,12H2,1-4H3,(H,24,26)(H,25,27). The van der Waals surface area contributed by atoms with Crippen molar-refractivity contribution in [3.05, 3.63) is 42.0 Å². The van der Waals surface area contributed by atoms with E-state index in [4.69, 9.17) is 18.9 Å². The van der Waals surface area contributed by atoms with Crippen LogP contribution in [0.5, 0.6) is 17.2 Å². The fraction of sp³-hybridized carbons (Fsp3) is 0.348. The second kappa shape index (κ2) is 10.0. The van der Waals surface area contributed by atoms with Gasteiger partial charge in [-0.2, -0.15) is 0 Å². The summed E-state index contributed by atoms with van der Waals surface area (Å²) in [5.74, 6) is -0.212. The molecule has 2 atom stereocenters. The van der Waals surface area contributed by atoms with E-state index in [2.05, 4.69) is 10.6 Å². The highest BCUT2D eigenvalue weighted by Crippen LogP contribution is 2.40. The second-order valence-corrected chi connectivity index (χ2v) is 7.39. The molecule has 1 fully saturated rings. The summed E-state index contributed by atoms with van der Waals surface area (Å²) in [6, 6.07) is 9.77. The van der Waals surface area contributed by atoms with E-state index in [1.807, 2.05) is 6.92 Å². The van der Waals surface area contributed by atoms with Crippen LogP contribution < -0.4 is 24.8 Å². The average molecular weight is 442 g/mol. The van der Waals surface area contributed by atoms with E-state index in [9.17, 15) is 14.4 Å². The van der Waals surface area contributed by atoms with E-state index < -0.39 is 18.5 Å². The zero-order chi connectivity index (χ0) is 23.3. The van der Waals surface area contributed by atoms with Gasteiger partial charge in [-0.05, 0) is 24.5 Å². The van der Waals surface area contributed by atoms with Crippen LogP contribution in [0.3, 0.4) is 0 Å². The fourth-order valence-corrected chi connectivity index (χ4v) is 3.21. The topological polar surface area (TPSA) is 112 Å². The van der Waals surface area contributed by atoms with Crippen LogP contribution in [-0.4, -0.2) is 45.7 Å². The van der Waals surface area contributed by atoms with Gasteiger partial charge in [0.2, 0.25) is 5.91 Å². The number of para-hydroxylation sites is 2. The highest BCUT2D eigenvalue weighted by atomic mass is 16.5. The first kappa shape index (κ1) is 22.9. The molecule has 170 valence electrons. The van der Waals surface area contributed by atoms with Crippen LogP contribution in [0.2, 0.25) is 0 Å². The predicted molar refractivity (Wildman–Crippen MR) is 117 cm³/mol. The summed E-state index contributed by atoms with van der Waals surface area (Å²) in [6.45, 7) is 1.45. The van der Waals surface area contributed by atoms with Crippen molar-refractivity contribution in [2.75, 3.05) is 38.6 Å². The van der Waals surface area contributed by atoms with Crippen LogP contribution in [0, 0.1) is 11.8 Å². The van der Waals surface area contributed by atoms with Crippen molar-refractivity contribution in [3.8, 4) is 17.2 Å². The molecular weight excluding hydrogens is 416 g/mol. The molecular formula is C23H26N2O7. The fourth-order valence-electron chi connectivity index (χ4n) is 3.21. The Morgan fingerprint density at radius 3 is 2.16 bits per heavy atom. The molecule has 0 saturated heterocycles. The van der Waals surface area contributed by atoms with Gasteiger partial charge in [-0.3, -0.25) is 9.59 Å². The van der Waals surface area contributed by atoms with Gasteiger partial charge in [0.05, 0.1) is 38.3 Å². The summed E-state index contributed by atoms with van der Waals surface area (Å²) in [5, 5.41) is 5.39. The lowest BCUT2D eigenvalue weighted by Gasteiger charge is -2.15. The maximum absolute atomic E-state index is 12.8. The molecule has 32 heavy (non-hydrogen) atoms. The Morgan fingerprint density at radius 2 is 1.53 bits per heavy atom. The minimum atomic E-state index is -0.791. The number of benzene rings is 2. The minimum Gasteiger partial charge on any atom is -0.495 e. The summed E-state index contributed by atoms with van der Waals surface area (Å²) in [6.07, 6.45) is 0.794. The molecule has 1 saturated carbocycles. The second-order valence-electron chi connectivity index (χ2n) is 7.39. The Balaban J connectivity index is 1.73. The molecule has 3 rings (SSSR count). The molecule has 2 aromatic rings. The monoisotopic (exact) mass is 442 g/mol. The first-order chi connectivity index (χ1) is 15.4. The number of hydrogen-bond acceptors (Lipinski definition) is 7. The van der Waals surface area contributed by atoms with Crippen molar-refractivity contribution in [1.82, 2.24) is 0 Å². The molecule has 1 aliphatic carbocycles. The Bertz CT molecular complexity index is 1020. The SMILES string of the molecule is COc1ccccc1NC(=O)COC(=O)c1cc(OC)c(OC)cc1NC(=O)C1CC1C. The van der Waals surface area contributed by atoms with E-state index in [1.165, 1.54) is 33.5 Å². The third-order valence-corrected chi connectivity index (χ3v) is 5.16. The number of hydrogen-bond donors (Lipinski definition) is 2. The molecule has 0 radical (unpaired) electrons. The number of nitrogens with one attached hydrogen (secondary N) is 2. The van der Waals surface area contributed by atoms with Gasteiger partial charge < -0.3 is 29.6 Å². The van der Waals surface area contributed by atoms with Crippen molar-refractivity contribution in [1.29, 1.82) is 0 Å². The Morgan fingerprint density at radius 1 is 0.906 bits per heavy atom. The van der Waals surface area contributed by atoms with E-state index in [-0.39, 0.29) is 28.8 Å². The first-order valence-electron chi connectivity index (χ1n) is 10.0. The van der Waals surface area contributed by atoms with Gasteiger partial charge >= 0.3 is 5.97 Å².